The number of hydrogen-bond donors (Lipinski definition) is 2. The standard InChI is InChI=1S/C17H23NO3/c19-16-9-3-1-2-8-15(16)18-10-12-6-4-5-7-13(12)14(11-18)17(20)21/h4-7,14-16,19H,1-3,8-11H2,(H,20,21). The first-order valence-electron chi connectivity index (χ1n) is 7.89. The largest absolute Gasteiger partial charge is 0.481 e. The number of aliphatic hydroxyl groups excluding tert-OH is 1. The number of fused-ring (bicyclic) bond motifs is 1. The minimum atomic E-state index is -0.768. The highest BCUT2D eigenvalue weighted by Crippen LogP contribution is 2.33. The van der Waals surface area contributed by atoms with Crippen LogP contribution in [0.25, 0.3) is 0 Å². The van der Waals surface area contributed by atoms with E-state index in [1.165, 1.54) is 6.42 Å². The summed E-state index contributed by atoms with van der Waals surface area (Å²) in [6.07, 6.45) is 4.84. The van der Waals surface area contributed by atoms with Gasteiger partial charge in [-0.1, -0.05) is 43.5 Å². The van der Waals surface area contributed by atoms with E-state index < -0.39 is 11.9 Å². The Morgan fingerprint density at radius 2 is 1.90 bits per heavy atom. The van der Waals surface area contributed by atoms with Crippen molar-refractivity contribution in [3.63, 3.8) is 0 Å². The first kappa shape index (κ1) is 14.5. The fourth-order valence-corrected chi connectivity index (χ4v) is 3.79. The molecule has 1 aromatic carbocycles. The molecule has 2 N–H and O–H groups in total. The molecule has 3 unspecified atom stereocenters. The number of carboxylic acids is 1. The van der Waals surface area contributed by atoms with Crippen LogP contribution in [-0.4, -0.2) is 39.8 Å². The number of hydrogen-bond acceptors (Lipinski definition) is 3. The molecule has 1 aliphatic carbocycles. The molecule has 1 saturated carbocycles. The topological polar surface area (TPSA) is 60.8 Å². The summed E-state index contributed by atoms with van der Waals surface area (Å²) in [5.41, 5.74) is 2.02. The Labute approximate surface area is 125 Å². The van der Waals surface area contributed by atoms with Crippen LogP contribution in [0.15, 0.2) is 24.3 Å². The van der Waals surface area contributed by atoms with Gasteiger partial charge in [-0.2, -0.15) is 0 Å². The minimum absolute atomic E-state index is 0.0997. The van der Waals surface area contributed by atoms with Crippen LogP contribution in [0.1, 0.15) is 49.1 Å². The molecule has 4 heteroatoms. The Hall–Kier alpha value is -1.39. The summed E-state index contributed by atoms with van der Waals surface area (Å²) >= 11 is 0. The molecule has 1 aromatic rings. The summed E-state index contributed by atoms with van der Waals surface area (Å²) in [5.74, 6) is -1.25. The van der Waals surface area contributed by atoms with E-state index in [1.54, 1.807) is 0 Å². The van der Waals surface area contributed by atoms with Crippen LogP contribution >= 0.6 is 0 Å². The zero-order valence-corrected chi connectivity index (χ0v) is 12.2. The molecule has 4 nitrogen and oxygen atoms in total. The van der Waals surface area contributed by atoms with E-state index in [4.69, 9.17) is 0 Å². The van der Waals surface area contributed by atoms with Gasteiger partial charge in [-0.05, 0) is 24.0 Å². The van der Waals surface area contributed by atoms with Crippen LogP contribution in [0.5, 0.6) is 0 Å². The molecule has 0 aromatic heterocycles. The van der Waals surface area contributed by atoms with Gasteiger partial charge < -0.3 is 10.2 Å². The summed E-state index contributed by atoms with van der Waals surface area (Å²) in [6, 6.07) is 7.91. The summed E-state index contributed by atoms with van der Waals surface area (Å²) in [5, 5.41) is 19.9. The quantitative estimate of drug-likeness (QED) is 0.821. The van der Waals surface area contributed by atoms with E-state index in [-0.39, 0.29) is 12.1 Å². The van der Waals surface area contributed by atoms with E-state index in [2.05, 4.69) is 4.90 Å². The molecule has 1 fully saturated rings. The van der Waals surface area contributed by atoms with Crippen LogP contribution in [0.3, 0.4) is 0 Å². The zero-order chi connectivity index (χ0) is 14.8. The van der Waals surface area contributed by atoms with Crippen molar-refractivity contribution in [3.05, 3.63) is 35.4 Å². The van der Waals surface area contributed by atoms with E-state index >= 15 is 0 Å². The maximum Gasteiger partial charge on any atom is 0.312 e. The van der Waals surface area contributed by atoms with Crippen molar-refractivity contribution in [2.45, 2.75) is 56.7 Å². The molecule has 3 atom stereocenters. The first-order chi connectivity index (χ1) is 10.2. The van der Waals surface area contributed by atoms with Crippen LogP contribution < -0.4 is 0 Å². The van der Waals surface area contributed by atoms with Crippen molar-refractivity contribution < 1.29 is 15.0 Å². The molecule has 0 radical (unpaired) electrons. The normalized spacial score (nSPS) is 30.4. The number of carboxylic acid groups (broad SMARTS) is 1. The van der Waals surface area contributed by atoms with Crippen molar-refractivity contribution in [1.82, 2.24) is 4.90 Å². The summed E-state index contributed by atoms with van der Waals surface area (Å²) < 4.78 is 0. The average Bonchev–Trinajstić information content (AvgIpc) is 2.70. The number of carbonyl (C=O) groups is 1. The van der Waals surface area contributed by atoms with Gasteiger partial charge >= 0.3 is 5.97 Å². The number of nitrogens with zero attached hydrogens (tertiary/aromatic N) is 1. The molecular formula is C17H23NO3. The second-order valence-corrected chi connectivity index (χ2v) is 6.29. The van der Waals surface area contributed by atoms with Gasteiger partial charge in [0.05, 0.1) is 12.0 Å². The van der Waals surface area contributed by atoms with Gasteiger partial charge in [-0.3, -0.25) is 9.69 Å². The lowest BCUT2D eigenvalue weighted by molar-refractivity contribution is -0.140. The molecule has 1 heterocycles. The molecule has 1 aliphatic heterocycles. The smallest absolute Gasteiger partial charge is 0.312 e. The maximum absolute atomic E-state index is 11.6. The third-order valence-electron chi connectivity index (χ3n) is 4.93. The maximum atomic E-state index is 11.6. The predicted octanol–water partition coefficient (Wildman–Crippen LogP) is 2.36. The first-order valence-corrected chi connectivity index (χ1v) is 7.89. The minimum Gasteiger partial charge on any atom is -0.481 e. The van der Waals surface area contributed by atoms with Gasteiger partial charge in [-0.15, -0.1) is 0 Å². The van der Waals surface area contributed by atoms with Crippen LogP contribution in [0, 0.1) is 0 Å². The SMILES string of the molecule is O=C(O)C1CN(C2CCCCCC2O)Cc2ccccc21. The lowest BCUT2D eigenvalue weighted by Crippen LogP contribution is -2.47. The summed E-state index contributed by atoms with van der Waals surface area (Å²) in [7, 11) is 0. The molecule has 114 valence electrons. The van der Waals surface area contributed by atoms with E-state index in [0.29, 0.717) is 6.54 Å². The molecule has 0 spiro atoms. The van der Waals surface area contributed by atoms with Gasteiger partial charge in [0.2, 0.25) is 0 Å². The van der Waals surface area contributed by atoms with Crippen LogP contribution in [0.4, 0.5) is 0 Å². The van der Waals surface area contributed by atoms with Gasteiger partial charge in [0, 0.05) is 19.1 Å². The average molecular weight is 289 g/mol. The fourth-order valence-electron chi connectivity index (χ4n) is 3.79. The summed E-state index contributed by atoms with van der Waals surface area (Å²) in [4.78, 5) is 13.8. The lowest BCUT2D eigenvalue weighted by Gasteiger charge is -2.39. The van der Waals surface area contributed by atoms with Crippen molar-refractivity contribution >= 4 is 5.97 Å². The van der Waals surface area contributed by atoms with Gasteiger partial charge in [-0.25, -0.2) is 0 Å². The van der Waals surface area contributed by atoms with Gasteiger partial charge in [0.25, 0.3) is 0 Å². The van der Waals surface area contributed by atoms with E-state index in [0.717, 1.165) is 43.4 Å². The Bertz CT molecular complexity index is 517. The third-order valence-corrected chi connectivity index (χ3v) is 4.93. The van der Waals surface area contributed by atoms with Crippen LogP contribution in [-0.2, 0) is 11.3 Å². The third kappa shape index (κ3) is 2.97. The number of aliphatic carboxylic acids is 1. The Kier molecular flexibility index (Phi) is 4.27. The second kappa shape index (κ2) is 6.16. The second-order valence-electron chi connectivity index (χ2n) is 6.29. The molecule has 0 amide bonds. The summed E-state index contributed by atoms with van der Waals surface area (Å²) in [6.45, 7) is 1.26. The molecule has 3 rings (SSSR count). The fraction of sp³-hybridized carbons (Fsp3) is 0.588. The number of rotatable bonds is 2. The Balaban J connectivity index is 1.87. The number of aliphatic hydroxyl groups is 1. The Morgan fingerprint density at radius 3 is 2.71 bits per heavy atom. The predicted molar refractivity (Wildman–Crippen MR) is 80.1 cm³/mol. The van der Waals surface area contributed by atoms with Crippen molar-refractivity contribution in [3.8, 4) is 0 Å². The molecule has 2 aliphatic rings. The van der Waals surface area contributed by atoms with E-state index in [9.17, 15) is 15.0 Å². The highest BCUT2D eigenvalue weighted by atomic mass is 16.4. The van der Waals surface area contributed by atoms with Crippen molar-refractivity contribution in [2.75, 3.05) is 6.54 Å². The molecule has 0 saturated heterocycles. The monoisotopic (exact) mass is 289 g/mol. The van der Waals surface area contributed by atoms with Gasteiger partial charge in [0.15, 0.2) is 0 Å². The molecule has 21 heavy (non-hydrogen) atoms. The van der Waals surface area contributed by atoms with Gasteiger partial charge in [0.1, 0.15) is 0 Å². The molecule has 0 bridgehead atoms. The van der Waals surface area contributed by atoms with Crippen LogP contribution in [0.2, 0.25) is 0 Å². The van der Waals surface area contributed by atoms with E-state index in [1.807, 2.05) is 24.3 Å². The van der Waals surface area contributed by atoms with Crippen molar-refractivity contribution in [2.24, 2.45) is 0 Å². The highest BCUT2D eigenvalue weighted by molar-refractivity contribution is 5.77. The zero-order valence-electron chi connectivity index (χ0n) is 12.2. The number of benzene rings is 1. The molecular weight excluding hydrogens is 266 g/mol. The highest BCUT2D eigenvalue weighted by Gasteiger charge is 2.36. The van der Waals surface area contributed by atoms with Crippen molar-refractivity contribution in [1.29, 1.82) is 0 Å². The lowest BCUT2D eigenvalue weighted by atomic mass is 9.88. The Morgan fingerprint density at radius 1 is 1.14 bits per heavy atom.